The number of pyridine rings is 1. The summed E-state index contributed by atoms with van der Waals surface area (Å²) < 4.78 is 5.33. The SMILES string of the molecule is CC1COCCC1C(=O)C(C#N)c1cccnc1. The van der Waals surface area contributed by atoms with E-state index in [1.165, 1.54) is 0 Å². The van der Waals surface area contributed by atoms with Gasteiger partial charge in [-0.1, -0.05) is 13.0 Å². The summed E-state index contributed by atoms with van der Waals surface area (Å²) in [5, 5.41) is 9.24. The maximum atomic E-state index is 12.4. The van der Waals surface area contributed by atoms with Crippen molar-refractivity contribution in [3.05, 3.63) is 30.1 Å². The van der Waals surface area contributed by atoms with Crippen molar-refractivity contribution in [1.82, 2.24) is 4.98 Å². The molecule has 0 radical (unpaired) electrons. The van der Waals surface area contributed by atoms with Crippen LogP contribution in [0, 0.1) is 23.2 Å². The molecule has 1 fully saturated rings. The second-order valence-electron chi connectivity index (χ2n) is 4.70. The zero-order valence-electron chi connectivity index (χ0n) is 10.4. The fourth-order valence-electron chi connectivity index (χ4n) is 2.37. The molecule has 2 heterocycles. The smallest absolute Gasteiger partial charge is 0.158 e. The molecule has 3 unspecified atom stereocenters. The van der Waals surface area contributed by atoms with Gasteiger partial charge in [0, 0.05) is 31.5 Å². The summed E-state index contributed by atoms with van der Waals surface area (Å²) in [5.74, 6) is -0.604. The lowest BCUT2D eigenvalue weighted by Gasteiger charge is -2.28. The molecule has 1 saturated heterocycles. The summed E-state index contributed by atoms with van der Waals surface area (Å²) in [6.07, 6.45) is 3.94. The molecule has 1 aromatic rings. The van der Waals surface area contributed by atoms with Crippen molar-refractivity contribution >= 4 is 5.78 Å². The van der Waals surface area contributed by atoms with Gasteiger partial charge in [-0.2, -0.15) is 5.26 Å². The normalized spacial score (nSPS) is 25.1. The van der Waals surface area contributed by atoms with Crippen LogP contribution in [0.15, 0.2) is 24.5 Å². The third kappa shape index (κ3) is 2.57. The maximum absolute atomic E-state index is 12.4. The molecule has 1 aliphatic heterocycles. The molecule has 0 amide bonds. The third-order valence-electron chi connectivity index (χ3n) is 3.44. The number of nitrogens with zero attached hydrogens (tertiary/aromatic N) is 2. The number of hydrogen-bond donors (Lipinski definition) is 0. The fourth-order valence-corrected chi connectivity index (χ4v) is 2.37. The molecular formula is C14H16N2O2. The molecule has 0 bridgehead atoms. The van der Waals surface area contributed by atoms with Gasteiger partial charge in [0.1, 0.15) is 5.92 Å². The van der Waals surface area contributed by atoms with E-state index in [4.69, 9.17) is 4.74 Å². The van der Waals surface area contributed by atoms with E-state index in [-0.39, 0.29) is 17.6 Å². The van der Waals surface area contributed by atoms with Crippen LogP contribution >= 0.6 is 0 Å². The highest BCUT2D eigenvalue weighted by atomic mass is 16.5. The first-order valence-electron chi connectivity index (χ1n) is 6.15. The number of ether oxygens (including phenoxy) is 1. The summed E-state index contributed by atoms with van der Waals surface area (Å²) in [6.45, 7) is 3.20. The van der Waals surface area contributed by atoms with Crippen molar-refractivity contribution in [2.75, 3.05) is 13.2 Å². The Kier molecular flexibility index (Phi) is 4.06. The van der Waals surface area contributed by atoms with Gasteiger partial charge in [0.25, 0.3) is 0 Å². The van der Waals surface area contributed by atoms with Gasteiger partial charge in [0.15, 0.2) is 5.78 Å². The minimum absolute atomic E-state index is 0.00120. The first kappa shape index (κ1) is 12.7. The lowest BCUT2D eigenvalue weighted by Crippen LogP contribution is -2.34. The van der Waals surface area contributed by atoms with Gasteiger partial charge in [-0.25, -0.2) is 0 Å². The van der Waals surface area contributed by atoms with Crippen molar-refractivity contribution in [2.24, 2.45) is 11.8 Å². The second kappa shape index (κ2) is 5.74. The Balaban J connectivity index is 2.18. The van der Waals surface area contributed by atoms with E-state index < -0.39 is 5.92 Å². The highest BCUT2D eigenvalue weighted by molar-refractivity contribution is 5.90. The van der Waals surface area contributed by atoms with E-state index in [0.29, 0.717) is 25.2 Å². The Morgan fingerprint density at radius 3 is 3.11 bits per heavy atom. The molecule has 1 aliphatic rings. The number of carbonyl (C=O) groups is 1. The van der Waals surface area contributed by atoms with Gasteiger partial charge < -0.3 is 4.74 Å². The average Bonchev–Trinajstić information content (AvgIpc) is 2.41. The molecule has 0 saturated carbocycles. The monoisotopic (exact) mass is 244 g/mol. The molecular weight excluding hydrogens is 228 g/mol. The average molecular weight is 244 g/mol. The van der Waals surface area contributed by atoms with Gasteiger partial charge in [-0.05, 0) is 24.0 Å². The topological polar surface area (TPSA) is 63.0 Å². The lowest BCUT2D eigenvalue weighted by molar-refractivity contribution is -0.128. The Morgan fingerprint density at radius 1 is 1.67 bits per heavy atom. The van der Waals surface area contributed by atoms with Crippen molar-refractivity contribution in [3.8, 4) is 6.07 Å². The van der Waals surface area contributed by atoms with E-state index in [1.54, 1.807) is 24.5 Å². The van der Waals surface area contributed by atoms with Crippen molar-refractivity contribution in [2.45, 2.75) is 19.3 Å². The van der Waals surface area contributed by atoms with E-state index in [1.807, 2.05) is 6.92 Å². The van der Waals surface area contributed by atoms with Gasteiger partial charge in [-0.15, -0.1) is 0 Å². The predicted molar refractivity (Wildman–Crippen MR) is 65.7 cm³/mol. The van der Waals surface area contributed by atoms with Crippen molar-refractivity contribution in [3.63, 3.8) is 0 Å². The van der Waals surface area contributed by atoms with Crippen LogP contribution in [-0.4, -0.2) is 24.0 Å². The molecule has 18 heavy (non-hydrogen) atoms. The minimum Gasteiger partial charge on any atom is -0.381 e. The van der Waals surface area contributed by atoms with Crippen LogP contribution in [0.25, 0.3) is 0 Å². The minimum atomic E-state index is -0.704. The van der Waals surface area contributed by atoms with Crippen LogP contribution in [-0.2, 0) is 9.53 Å². The first-order valence-corrected chi connectivity index (χ1v) is 6.15. The molecule has 94 valence electrons. The van der Waals surface area contributed by atoms with Gasteiger partial charge in [-0.3, -0.25) is 9.78 Å². The number of aromatic nitrogens is 1. The van der Waals surface area contributed by atoms with Crippen LogP contribution in [0.3, 0.4) is 0 Å². The molecule has 0 aliphatic carbocycles. The van der Waals surface area contributed by atoms with Gasteiger partial charge in [0.05, 0.1) is 6.07 Å². The molecule has 4 nitrogen and oxygen atoms in total. The molecule has 0 aromatic carbocycles. The van der Waals surface area contributed by atoms with Crippen molar-refractivity contribution < 1.29 is 9.53 Å². The predicted octanol–water partition coefficient (Wildman–Crippen LogP) is 1.93. The molecule has 3 atom stereocenters. The quantitative estimate of drug-likeness (QED) is 0.815. The first-order chi connectivity index (χ1) is 8.74. The Bertz CT molecular complexity index is 453. The largest absolute Gasteiger partial charge is 0.381 e. The molecule has 0 spiro atoms. The molecule has 0 N–H and O–H groups in total. The standard InChI is InChI=1S/C14H16N2O2/c1-10-9-18-6-4-12(10)14(17)13(7-15)11-3-2-5-16-8-11/h2-3,5,8,10,12-13H,4,6,9H2,1H3. The van der Waals surface area contributed by atoms with Crippen LogP contribution in [0.1, 0.15) is 24.8 Å². The Labute approximate surface area is 107 Å². The van der Waals surface area contributed by atoms with Crippen LogP contribution in [0.5, 0.6) is 0 Å². The second-order valence-corrected chi connectivity index (χ2v) is 4.70. The third-order valence-corrected chi connectivity index (χ3v) is 3.44. The molecule has 4 heteroatoms. The fraction of sp³-hybridized carbons (Fsp3) is 0.500. The number of Topliss-reactive ketones (excluding diaryl/α,β-unsaturated/α-hetero) is 1. The van der Waals surface area contributed by atoms with Crippen LogP contribution in [0.4, 0.5) is 0 Å². The van der Waals surface area contributed by atoms with E-state index in [0.717, 1.165) is 0 Å². The van der Waals surface area contributed by atoms with Gasteiger partial charge >= 0.3 is 0 Å². The summed E-state index contributed by atoms with van der Waals surface area (Å²) in [6, 6.07) is 5.64. The van der Waals surface area contributed by atoms with E-state index in [9.17, 15) is 10.1 Å². The molecule has 2 rings (SSSR count). The number of rotatable bonds is 3. The van der Waals surface area contributed by atoms with E-state index in [2.05, 4.69) is 11.1 Å². The zero-order chi connectivity index (χ0) is 13.0. The van der Waals surface area contributed by atoms with Gasteiger partial charge in [0.2, 0.25) is 0 Å². The zero-order valence-corrected chi connectivity index (χ0v) is 10.4. The number of hydrogen-bond acceptors (Lipinski definition) is 4. The summed E-state index contributed by atoms with van der Waals surface area (Å²) in [5.41, 5.74) is 0.684. The summed E-state index contributed by atoms with van der Waals surface area (Å²) in [7, 11) is 0. The lowest BCUT2D eigenvalue weighted by atomic mass is 9.80. The summed E-state index contributed by atoms with van der Waals surface area (Å²) >= 11 is 0. The Morgan fingerprint density at radius 2 is 2.50 bits per heavy atom. The number of ketones is 1. The maximum Gasteiger partial charge on any atom is 0.158 e. The van der Waals surface area contributed by atoms with Crippen LogP contribution < -0.4 is 0 Å². The highest BCUT2D eigenvalue weighted by Gasteiger charge is 2.33. The molecule has 1 aromatic heterocycles. The number of nitriles is 1. The summed E-state index contributed by atoms with van der Waals surface area (Å²) in [4.78, 5) is 16.4. The highest BCUT2D eigenvalue weighted by Crippen LogP contribution is 2.28. The number of carbonyl (C=O) groups excluding carboxylic acids is 1. The van der Waals surface area contributed by atoms with Crippen molar-refractivity contribution in [1.29, 1.82) is 5.26 Å². The van der Waals surface area contributed by atoms with Crippen LogP contribution in [0.2, 0.25) is 0 Å². The van der Waals surface area contributed by atoms with E-state index >= 15 is 0 Å². The Hall–Kier alpha value is -1.73.